The van der Waals surface area contributed by atoms with Crippen molar-refractivity contribution in [3.05, 3.63) is 30.1 Å². The zero-order valence-corrected chi connectivity index (χ0v) is 10.2. The molecular weight excluding hydrogens is 198 g/mol. The summed E-state index contributed by atoms with van der Waals surface area (Å²) in [4.78, 5) is 4.12. The van der Waals surface area contributed by atoms with Gasteiger partial charge in [0.05, 0.1) is 0 Å². The highest BCUT2D eigenvalue weighted by Gasteiger charge is 2.08. The number of hydrogen-bond donors (Lipinski definition) is 2. The maximum absolute atomic E-state index is 5.57. The Morgan fingerprint density at radius 2 is 2.12 bits per heavy atom. The molecule has 1 aromatic rings. The highest BCUT2D eigenvalue weighted by atomic mass is 15.2. The van der Waals surface area contributed by atoms with Crippen LogP contribution in [0.25, 0.3) is 0 Å². The molecular formula is C13H23N3. The first kappa shape index (κ1) is 13.1. The zero-order valence-electron chi connectivity index (χ0n) is 10.2. The highest BCUT2D eigenvalue weighted by Crippen LogP contribution is 2.18. The second kappa shape index (κ2) is 8.25. The summed E-state index contributed by atoms with van der Waals surface area (Å²) in [6.45, 7) is 2.24. The minimum absolute atomic E-state index is 0.246. The minimum atomic E-state index is 0.246. The Morgan fingerprint density at radius 1 is 1.31 bits per heavy atom. The molecule has 0 aromatic carbocycles. The fraction of sp³-hybridized carbons (Fsp3) is 0.615. The van der Waals surface area contributed by atoms with Crippen molar-refractivity contribution in [3.63, 3.8) is 0 Å². The van der Waals surface area contributed by atoms with Crippen LogP contribution >= 0.6 is 0 Å². The lowest BCUT2D eigenvalue weighted by atomic mass is 10.0. The third-order valence-corrected chi connectivity index (χ3v) is 2.88. The Labute approximate surface area is 98.4 Å². The van der Waals surface area contributed by atoms with Crippen LogP contribution in [-0.2, 0) is 0 Å². The van der Waals surface area contributed by atoms with E-state index in [2.05, 4.69) is 23.4 Å². The number of aromatic nitrogens is 1. The lowest BCUT2D eigenvalue weighted by Crippen LogP contribution is -2.28. The molecule has 1 rings (SSSR count). The van der Waals surface area contributed by atoms with E-state index in [1.807, 2.05) is 12.3 Å². The fourth-order valence-electron chi connectivity index (χ4n) is 1.88. The third kappa shape index (κ3) is 4.73. The van der Waals surface area contributed by atoms with Crippen molar-refractivity contribution < 1.29 is 0 Å². The Balaban J connectivity index is 2.27. The Kier molecular flexibility index (Phi) is 6.77. The third-order valence-electron chi connectivity index (χ3n) is 2.88. The maximum Gasteiger partial charge on any atom is 0.0475 e. The number of nitrogens with zero attached hydrogens (tertiary/aromatic N) is 1. The van der Waals surface area contributed by atoms with Crippen molar-refractivity contribution in [3.8, 4) is 0 Å². The molecule has 0 radical (unpaired) electrons. The van der Waals surface area contributed by atoms with Crippen LogP contribution in [0.3, 0.4) is 0 Å². The van der Waals surface area contributed by atoms with Crippen LogP contribution < -0.4 is 11.3 Å². The summed E-state index contributed by atoms with van der Waals surface area (Å²) in [6.07, 6.45) is 11.3. The fourth-order valence-corrected chi connectivity index (χ4v) is 1.88. The van der Waals surface area contributed by atoms with Gasteiger partial charge in [0.2, 0.25) is 0 Å². The lowest BCUT2D eigenvalue weighted by Gasteiger charge is -2.15. The van der Waals surface area contributed by atoms with Gasteiger partial charge in [0.15, 0.2) is 0 Å². The normalized spacial score (nSPS) is 12.6. The lowest BCUT2D eigenvalue weighted by molar-refractivity contribution is 0.478. The minimum Gasteiger partial charge on any atom is -0.271 e. The SMILES string of the molecule is CCCCCCCC(NN)c1cccnc1. The standard InChI is InChI=1S/C13H23N3/c1-2-3-4-5-6-9-13(16-14)12-8-7-10-15-11-12/h7-8,10-11,13,16H,2-6,9,14H2,1H3. The number of nitrogens with one attached hydrogen (secondary N) is 1. The highest BCUT2D eigenvalue weighted by molar-refractivity contribution is 5.13. The monoisotopic (exact) mass is 221 g/mol. The molecule has 0 amide bonds. The summed E-state index contributed by atoms with van der Waals surface area (Å²) in [6, 6.07) is 4.27. The van der Waals surface area contributed by atoms with E-state index in [4.69, 9.17) is 5.84 Å². The topological polar surface area (TPSA) is 50.9 Å². The number of hydrazine groups is 1. The molecule has 0 aliphatic heterocycles. The summed E-state index contributed by atoms with van der Waals surface area (Å²) >= 11 is 0. The van der Waals surface area contributed by atoms with Crippen LogP contribution in [0.5, 0.6) is 0 Å². The molecule has 0 bridgehead atoms. The van der Waals surface area contributed by atoms with E-state index in [1.54, 1.807) is 6.20 Å². The second-order valence-electron chi connectivity index (χ2n) is 4.21. The van der Waals surface area contributed by atoms with Crippen LogP contribution in [0.1, 0.15) is 57.1 Å². The van der Waals surface area contributed by atoms with Crippen molar-refractivity contribution in [2.24, 2.45) is 5.84 Å². The zero-order chi connectivity index (χ0) is 11.6. The van der Waals surface area contributed by atoms with Gasteiger partial charge >= 0.3 is 0 Å². The molecule has 0 spiro atoms. The van der Waals surface area contributed by atoms with Crippen molar-refractivity contribution in [2.45, 2.75) is 51.5 Å². The number of nitrogens with two attached hydrogens (primary N) is 1. The van der Waals surface area contributed by atoms with Crippen LogP contribution in [0, 0.1) is 0 Å². The first-order valence-corrected chi connectivity index (χ1v) is 6.24. The Bertz CT molecular complexity index is 261. The van der Waals surface area contributed by atoms with Gasteiger partial charge in [0, 0.05) is 18.4 Å². The van der Waals surface area contributed by atoms with E-state index < -0.39 is 0 Å². The molecule has 0 fully saturated rings. The number of rotatable bonds is 8. The van der Waals surface area contributed by atoms with Gasteiger partial charge in [-0.05, 0) is 18.1 Å². The largest absolute Gasteiger partial charge is 0.271 e. The van der Waals surface area contributed by atoms with Gasteiger partial charge < -0.3 is 0 Å². The molecule has 3 nitrogen and oxygen atoms in total. The molecule has 1 unspecified atom stereocenters. The molecule has 0 saturated carbocycles. The van der Waals surface area contributed by atoms with Gasteiger partial charge in [-0.3, -0.25) is 16.3 Å². The van der Waals surface area contributed by atoms with E-state index >= 15 is 0 Å². The predicted molar refractivity (Wildman–Crippen MR) is 67.7 cm³/mol. The molecule has 90 valence electrons. The smallest absolute Gasteiger partial charge is 0.0475 e. The molecule has 0 aliphatic rings. The van der Waals surface area contributed by atoms with Gasteiger partial charge in [0.25, 0.3) is 0 Å². The van der Waals surface area contributed by atoms with Gasteiger partial charge in [-0.15, -0.1) is 0 Å². The van der Waals surface area contributed by atoms with Crippen molar-refractivity contribution in [2.75, 3.05) is 0 Å². The van der Waals surface area contributed by atoms with Crippen LogP contribution in [0.4, 0.5) is 0 Å². The van der Waals surface area contributed by atoms with Gasteiger partial charge in [-0.1, -0.05) is 45.1 Å². The van der Waals surface area contributed by atoms with E-state index in [-0.39, 0.29) is 6.04 Å². The Morgan fingerprint density at radius 3 is 2.75 bits per heavy atom. The summed E-state index contributed by atoms with van der Waals surface area (Å²) in [7, 11) is 0. The summed E-state index contributed by atoms with van der Waals surface area (Å²) < 4.78 is 0. The van der Waals surface area contributed by atoms with E-state index in [0.717, 1.165) is 6.42 Å². The number of pyridine rings is 1. The molecule has 3 N–H and O–H groups in total. The number of hydrogen-bond acceptors (Lipinski definition) is 3. The molecule has 1 heterocycles. The van der Waals surface area contributed by atoms with Crippen molar-refractivity contribution >= 4 is 0 Å². The summed E-state index contributed by atoms with van der Waals surface area (Å²) in [5.41, 5.74) is 4.05. The average molecular weight is 221 g/mol. The molecule has 1 aromatic heterocycles. The van der Waals surface area contributed by atoms with E-state index in [9.17, 15) is 0 Å². The quantitative estimate of drug-likeness (QED) is 0.403. The first-order chi connectivity index (χ1) is 7.88. The Hall–Kier alpha value is -0.930. The summed E-state index contributed by atoms with van der Waals surface area (Å²) in [5.74, 6) is 5.57. The summed E-state index contributed by atoms with van der Waals surface area (Å²) in [5, 5.41) is 0. The molecule has 0 saturated heterocycles. The molecule has 3 heteroatoms. The molecule has 16 heavy (non-hydrogen) atoms. The van der Waals surface area contributed by atoms with Crippen LogP contribution in [0.15, 0.2) is 24.5 Å². The van der Waals surface area contributed by atoms with Gasteiger partial charge in [-0.2, -0.15) is 0 Å². The first-order valence-electron chi connectivity index (χ1n) is 6.24. The van der Waals surface area contributed by atoms with E-state index in [1.165, 1.54) is 37.7 Å². The number of unbranched alkanes of at least 4 members (excludes halogenated alkanes) is 4. The predicted octanol–water partition coefficient (Wildman–Crippen LogP) is 2.95. The second-order valence-corrected chi connectivity index (χ2v) is 4.21. The molecule has 1 atom stereocenters. The van der Waals surface area contributed by atoms with E-state index in [0.29, 0.717) is 0 Å². The van der Waals surface area contributed by atoms with Gasteiger partial charge in [-0.25, -0.2) is 0 Å². The average Bonchev–Trinajstić information content (AvgIpc) is 2.35. The van der Waals surface area contributed by atoms with Crippen LogP contribution in [-0.4, -0.2) is 4.98 Å². The van der Waals surface area contributed by atoms with Crippen molar-refractivity contribution in [1.82, 2.24) is 10.4 Å². The van der Waals surface area contributed by atoms with Crippen LogP contribution in [0.2, 0.25) is 0 Å². The maximum atomic E-state index is 5.57. The van der Waals surface area contributed by atoms with Gasteiger partial charge in [0.1, 0.15) is 0 Å². The van der Waals surface area contributed by atoms with Crippen molar-refractivity contribution in [1.29, 1.82) is 0 Å². The molecule has 0 aliphatic carbocycles.